The molecule has 0 aliphatic heterocycles. The van der Waals surface area contributed by atoms with Crippen molar-refractivity contribution in [1.29, 1.82) is 0 Å². The fourth-order valence-electron chi connectivity index (χ4n) is 2.75. The van der Waals surface area contributed by atoms with Crippen molar-refractivity contribution in [3.63, 3.8) is 0 Å². The maximum Gasteiger partial charge on any atom is 0.273 e. The minimum absolute atomic E-state index is 0.00969. The van der Waals surface area contributed by atoms with E-state index >= 15 is 0 Å². The first-order valence-corrected chi connectivity index (χ1v) is 7.71. The Morgan fingerprint density at radius 1 is 1.36 bits per heavy atom. The molecule has 0 radical (unpaired) electrons. The summed E-state index contributed by atoms with van der Waals surface area (Å²) in [7, 11) is 1.49. The van der Waals surface area contributed by atoms with Crippen LogP contribution in [0.3, 0.4) is 0 Å². The van der Waals surface area contributed by atoms with Crippen LogP contribution in [0.5, 0.6) is 0 Å². The molecule has 22 heavy (non-hydrogen) atoms. The molecule has 1 heterocycles. The van der Waals surface area contributed by atoms with E-state index in [-0.39, 0.29) is 24.5 Å². The summed E-state index contributed by atoms with van der Waals surface area (Å²) in [6.45, 7) is 0.746. The van der Waals surface area contributed by atoms with Gasteiger partial charge in [-0.3, -0.25) is 9.59 Å². The third-order valence-corrected chi connectivity index (χ3v) is 4.14. The standard InChI is InChI=1S/C15H21N3O4/c1-21-8-13(19)17-10-4-5-12-11(6-10)14(18-22-12)15(20)16-7-9-2-3-9/h9-10H,2-8H2,1H3,(H,16,20)(H,17,19). The van der Waals surface area contributed by atoms with Crippen LogP contribution in [-0.4, -0.2) is 43.3 Å². The number of ether oxygens (including phenoxy) is 1. The number of nitrogens with zero attached hydrogens (tertiary/aromatic N) is 1. The molecule has 7 heteroatoms. The van der Waals surface area contributed by atoms with Crippen LogP contribution in [0, 0.1) is 5.92 Å². The Labute approximate surface area is 128 Å². The number of carbonyl (C=O) groups excluding carboxylic acids is 2. The summed E-state index contributed by atoms with van der Waals surface area (Å²) in [4.78, 5) is 23.8. The van der Waals surface area contributed by atoms with Gasteiger partial charge < -0.3 is 19.9 Å². The maximum atomic E-state index is 12.2. The van der Waals surface area contributed by atoms with Gasteiger partial charge in [-0.15, -0.1) is 0 Å². The lowest BCUT2D eigenvalue weighted by molar-refractivity contribution is -0.125. The summed E-state index contributed by atoms with van der Waals surface area (Å²) in [5.74, 6) is 1.05. The minimum Gasteiger partial charge on any atom is -0.375 e. The smallest absolute Gasteiger partial charge is 0.273 e. The molecule has 1 aromatic rings. The summed E-state index contributed by atoms with van der Waals surface area (Å²) in [5, 5.41) is 9.74. The van der Waals surface area contributed by atoms with Crippen molar-refractivity contribution in [1.82, 2.24) is 15.8 Å². The molecular formula is C15H21N3O4. The third kappa shape index (κ3) is 3.47. The Morgan fingerprint density at radius 3 is 2.91 bits per heavy atom. The van der Waals surface area contributed by atoms with E-state index < -0.39 is 0 Å². The molecule has 2 aliphatic rings. The second kappa shape index (κ2) is 6.48. The molecule has 3 rings (SSSR count). The number of carbonyl (C=O) groups is 2. The van der Waals surface area contributed by atoms with Crippen LogP contribution in [-0.2, 0) is 22.4 Å². The number of hydrogen-bond acceptors (Lipinski definition) is 5. The van der Waals surface area contributed by atoms with Crippen LogP contribution in [0.2, 0.25) is 0 Å². The van der Waals surface area contributed by atoms with E-state index in [1.165, 1.54) is 20.0 Å². The Kier molecular flexibility index (Phi) is 4.42. The quantitative estimate of drug-likeness (QED) is 0.795. The van der Waals surface area contributed by atoms with Gasteiger partial charge in [-0.05, 0) is 31.6 Å². The van der Waals surface area contributed by atoms with Gasteiger partial charge in [0, 0.05) is 31.7 Å². The number of fused-ring (bicyclic) bond motifs is 1. The monoisotopic (exact) mass is 307 g/mol. The molecule has 120 valence electrons. The first-order chi connectivity index (χ1) is 10.7. The highest BCUT2D eigenvalue weighted by Crippen LogP contribution is 2.28. The largest absolute Gasteiger partial charge is 0.375 e. The van der Waals surface area contributed by atoms with Gasteiger partial charge in [0.05, 0.1) is 0 Å². The van der Waals surface area contributed by atoms with Gasteiger partial charge >= 0.3 is 0 Å². The number of nitrogens with one attached hydrogen (secondary N) is 2. The van der Waals surface area contributed by atoms with E-state index in [9.17, 15) is 9.59 Å². The van der Waals surface area contributed by atoms with Gasteiger partial charge in [0.15, 0.2) is 5.69 Å². The van der Waals surface area contributed by atoms with Crippen LogP contribution in [0.4, 0.5) is 0 Å². The Balaban J connectivity index is 1.62. The molecule has 0 saturated heterocycles. The maximum absolute atomic E-state index is 12.2. The zero-order valence-corrected chi connectivity index (χ0v) is 12.7. The van der Waals surface area contributed by atoms with Gasteiger partial charge in [0.25, 0.3) is 5.91 Å². The summed E-state index contributed by atoms with van der Waals surface area (Å²) in [6.07, 6.45) is 4.40. The molecule has 2 aliphatic carbocycles. The second-order valence-corrected chi connectivity index (χ2v) is 6.03. The molecule has 0 spiro atoms. The fourth-order valence-corrected chi connectivity index (χ4v) is 2.75. The average Bonchev–Trinajstić information content (AvgIpc) is 3.23. The van der Waals surface area contributed by atoms with Crippen LogP contribution in [0.1, 0.15) is 41.1 Å². The minimum atomic E-state index is -0.180. The third-order valence-electron chi connectivity index (χ3n) is 4.14. The van der Waals surface area contributed by atoms with Gasteiger partial charge in [-0.2, -0.15) is 0 Å². The number of amides is 2. The lowest BCUT2D eigenvalue weighted by atomic mass is 9.92. The van der Waals surface area contributed by atoms with Gasteiger partial charge in [0.1, 0.15) is 12.4 Å². The van der Waals surface area contributed by atoms with E-state index in [1.54, 1.807) is 0 Å². The van der Waals surface area contributed by atoms with Crippen molar-refractivity contribution >= 4 is 11.8 Å². The normalized spacial score (nSPS) is 20.3. The highest BCUT2D eigenvalue weighted by molar-refractivity contribution is 5.94. The lowest BCUT2D eigenvalue weighted by Gasteiger charge is -2.22. The average molecular weight is 307 g/mol. The number of aromatic nitrogens is 1. The van der Waals surface area contributed by atoms with Crippen molar-refractivity contribution in [3.05, 3.63) is 17.0 Å². The Morgan fingerprint density at radius 2 is 2.18 bits per heavy atom. The molecule has 1 fully saturated rings. The highest BCUT2D eigenvalue weighted by atomic mass is 16.5. The Hall–Kier alpha value is -1.89. The van der Waals surface area contributed by atoms with E-state index in [2.05, 4.69) is 15.8 Å². The fraction of sp³-hybridized carbons (Fsp3) is 0.667. The van der Waals surface area contributed by atoms with E-state index in [4.69, 9.17) is 9.26 Å². The van der Waals surface area contributed by atoms with Crippen molar-refractivity contribution in [2.24, 2.45) is 5.92 Å². The molecule has 0 aromatic carbocycles. The molecule has 7 nitrogen and oxygen atoms in total. The van der Waals surface area contributed by atoms with Crippen molar-refractivity contribution < 1.29 is 18.8 Å². The summed E-state index contributed by atoms with van der Waals surface area (Å²) in [5.41, 5.74) is 1.18. The molecule has 1 atom stereocenters. The molecule has 2 N–H and O–H groups in total. The lowest BCUT2D eigenvalue weighted by Crippen LogP contribution is -2.40. The molecule has 0 bridgehead atoms. The zero-order valence-electron chi connectivity index (χ0n) is 12.7. The zero-order chi connectivity index (χ0) is 15.5. The van der Waals surface area contributed by atoms with Gasteiger partial charge in [0.2, 0.25) is 5.91 Å². The van der Waals surface area contributed by atoms with Crippen molar-refractivity contribution in [2.75, 3.05) is 20.3 Å². The van der Waals surface area contributed by atoms with Crippen molar-refractivity contribution in [3.8, 4) is 0 Å². The first kappa shape index (κ1) is 15.0. The summed E-state index contributed by atoms with van der Waals surface area (Å²) < 4.78 is 10.1. The number of aryl methyl sites for hydroxylation is 1. The van der Waals surface area contributed by atoms with E-state index in [0.717, 1.165) is 17.7 Å². The van der Waals surface area contributed by atoms with Crippen molar-refractivity contribution in [2.45, 2.75) is 38.1 Å². The summed E-state index contributed by atoms with van der Waals surface area (Å²) in [6, 6.07) is -0.00969. The van der Waals surface area contributed by atoms with Crippen LogP contribution in [0.15, 0.2) is 4.52 Å². The second-order valence-electron chi connectivity index (χ2n) is 6.03. The molecular weight excluding hydrogens is 286 g/mol. The SMILES string of the molecule is COCC(=O)NC1CCc2onc(C(=O)NCC3CC3)c2C1. The van der Waals surface area contributed by atoms with E-state index in [1.807, 2.05) is 0 Å². The summed E-state index contributed by atoms with van der Waals surface area (Å²) >= 11 is 0. The number of methoxy groups -OCH3 is 1. The highest BCUT2D eigenvalue weighted by Gasteiger charge is 2.30. The van der Waals surface area contributed by atoms with Crippen LogP contribution < -0.4 is 10.6 Å². The van der Waals surface area contributed by atoms with E-state index in [0.29, 0.717) is 31.0 Å². The number of hydrogen-bond donors (Lipinski definition) is 2. The topological polar surface area (TPSA) is 93.5 Å². The van der Waals surface area contributed by atoms with Crippen LogP contribution >= 0.6 is 0 Å². The predicted octanol–water partition coefficient (Wildman–Crippen LogP) is 0.434. The first-order valence-electron chi connectivity index (χ1n) is 7.71. The molecule has 2 amide bonds. The van der Waals surface area contributed by atoms with Crippen LogP contribution in [0.25, 0.3) is 0 Å². The molecule has 1 aromatic heterocycles. The molecule has 1 unspecified atom stereocenters. The number of rotatable bonds is 6. The van der Waals surface area contributed by atoms with Gasteiger partial charge in [-0.1, -0.05) is 5.16 Å². The van der Waals surface area contributed by atoms with Gasteiger partial charge in [-0.25, -0.2) is 0 Å². The molecule has 1 saturated carbocycles. The predicted molar refractivity (Wildman–Crippen MR) is 77.4 cm³/mol. The Bertz CT molecular complexity index is 565.